The molecule has 1 saturated heterocycles. The lowest BCUT2D eigenvalue weighted by Crippen LogP contribution is -2.42. The predicted molar refractivity (Wildman–Crippen MR) is 78.9 cm³/mol. The standard InChI is InChI=1S/C15H23NO2S/c1-2-13-6-7-15(19-13)14(18)11-16-9-4-3-5-12(16)8-10-17/h6-7,12,17H,2-5,8-11H2,1H3. The van der Waals surface area contributed by atoms with E-state index in [9.17, 15) is 4.79 Å². The molecule has 0 spiro atoms. The maximum atomic E-state index is 12.3. The molecule has 4 heteroatoms. The molecule has 0 aliphatic carbocycles. The van der Waals surface area contributed by atoms with E-state index in [1.807, 2.05) is 6.07 Å². The third-order valence-electron chi connectivity index (χ3n) is 3.84. The second-order valence-electron chi connectivity index (χ2n) is 5.18. The third-order valence-corrected chi connectivity index (χ3v) is 5.11. The zero-order valence-electron chi connectivity index (χ0n) is 11.6. The Morgan fingerprint density at radius 1 is 1.47 bits per heavy atom. The minimum absolute atomic E-state index is 0.217. The van der Waals surface area contributed by atoms with Crippen LogP contribution < -0.4 is 0 Å². The Balaban J connectivity index is 1.96. The van der Waals surface area contributed by atoms with Crippen molar-refractivity contribution in [1.82, 2.24) is 4.90 Å². The Bertz CT molecular complexity index is 414. The van der Waals surface area contributed by atoms with Crippen LogP contribution in [0.4, 0.5) is 0 Å². The second-order valence-corrected chi connectivity index (χ2v) is 6.34. The Morgan fingerprint density at radius 3 is 3.00 bits per heavy atom. The minimum Gasteiger partial charge on any atom is -0.396 e. The zero-order chi connectivity index (χ0) is 13.7. The van der Waals surface area contributed by atoms with Crippen molar-refractivity contribution in [2.75, 3.05) is 19.7 Å². The highest BCUT2D eigenvalue weighted by Gasteiger charge is 2.24. The molecule has 0 aromatic carbocycles. The summed E-state index contributed by atoms with van der Waals surface area (Å²) in [6.07, 6.45) is 5.28. The van der Waals surface area contributed by atoms with Gasteiger partial charge in [-0.05, 0) is 44.4 Å². The van der Waals surface area contributed by atoms with Crippen LogP contribution in [0.3, 0.4) is 0 Å². The van der Waals surface area contributed by atoms with E-state index in [0.29, 0.717) is 12.6 Å². The molecule has 1 N–H and O–H groups in total. The van der Waals surface area contributed by atoms with Crippen molar-refractivity contribution in [2.45, 2.75) is 45.1 Å². The highest BCUT2D eigenvalue weighted by atomic mass is 32.1. The maximum absolute atomic E-state index is 12.3. The van der Waals surface area contributed by atoms with Crippen LogP contribution in [0, 0.1) is 0 Å². The Morgan fingerprint density at radius 2 is 2.32 bits per heavy atom. The molecule has 0 radical (unpaired) electrons. The van der Waals surface area contributed by atoms with Gasteiger partial charge in [-0.1, -0.05) is 13.3 Å². The fourth-order valence-electron chi connectivity index (χ4n) is 2.72. The van der Waals surface area contributed by atoms with Gasteiger partial charge in [0.05, 0.1) is 11.4 Å². The van der Waals surface area contributed by atoms with Gasteiger partial charge in [-0.15, -0.1) is 11.3 Å². The minimum atomic E-state index is 0.217. The van der Waals surface area contributed by atoms with Crippen LogP contribution in [0.2, 0.25) is 0 Å². The van der Waals surface area contributed by atoms with Crippen molar-refractivity contribution in [3.63, 3.8) is 0 Å². The molecule has 1 aliphatic heterocycles. The van der Waals surface area contributed by atoms with Crippen LogP contribution >= 0.6 is 11.3 Å². The number of thiophene rings is 1. The average molecular weight is 281 g/mol. The molecule has 0 bridgehead atoms. The number of hydrogen-bond acceptors (Lipinski definition) is 4. The monoisotopic (exact) mass is 281 g/mol. The molecule has 0 saturated carbocycles. The molecular weight excluding hydrogens is 258 g/mol. The van der Waals surface area contributed by atoms with E-state index in [2.05, 4.69) is 17.9 Å². The Labute approximate surface area is 119 Å². The number of piperidine rings is 1. The summed E-state index contributed by atoms with van der Waals surface area (Å²) in [4.78, 5) is 16.7. The van der Waals surface area contributed by atoms with Gasteiger partial charge in [-0.3, -0.25) is 9.69 Å². The molecule has 19 heavy (non-hydrogen) atoms. The van der Waals surface area contributed by atoms with Crippen molar-refractivity contribution in [2.24, 2.45) is 0 Å². The van der Waals surface area contributed by atoms with Gasteiger partial charge in [0.1, 0.15) is 0 Å². The van der Waals surface area contributed by atoms with Gasteiger partial charge in [0.2, 0.25) is 0 Å². The summed E-state index contributed by atoms with van der Waals surface area (Å²) in [5, 5.41) is 9.11. The summed E-state index contributed by atoms with van der Waals surface area (Å²) in [6.45, 7) is 3.83. The Kier molecular flexibility index (Phi) is 5.55. The van der Waals surface area contributed by atoms with Gasteiger partial charge >= 0.3 is 0 Å². The summed E-state index contributed by atoms with van der Waals surface area (Å²) in [5.74, 6) is 0.231. The number of likely N-dealkylation sites (tertiary alicyclic amines) is 1. The van der Waals surface area contributed by atoms with E-state index in [1.165, 1.54) is 17.7 Å². The topological polar surface area (TPSA) is 40.5 Å². The van der Waals surface area contributed by atoms with Crippen molar-refractivity contribution in [3.8, 4) is 0 Å². The van der Waals surface area contributed by atoms with Gasteiger partial charge < -0.3 is 5.11 Å². The molecule has 0 amide bonds. The first-order valence-electron chi connectivity index (χ1n) is 7.21. The number of ketones is 1. The molecule has 106 valence electrons. The van der Waals surface area contributed by atoms with E-state index in [1.54, 1.807) is 11.3 Å². The van der Waals surface area contributed by atoms with Crippen LogP contribution in [0.1, 0.15) is 47.2 Å². The maximum Gasteiger partial charge on any atom is 0.186 e. The number of aliphatic hydroxyl groups excluding tert-OH is 1. The number of Topliss-reactive ketones (excluding diaryl/α,β-unsaturated/α-hetero) is 1. The van der Waals surface area contributed by atoms with Crippen molar-refractivity contribution < 1.29 is 9.90 Å². The predicted octanol–water partition coefficient (Wildman–Crippen LogP) is 2.73. The van der Waals surface area contributed by atoms with Gasteiger partial charge in [-0.2, -0.15) is 0 Å². The highest BCUT2D eigenvalue weighted by molar-refractivity contribution is 7.14. The molecule has 1 unspecified atom stereocenters. The lowest BCUT2D eigenvalue weighted by atomic mass is 9.99. The van der Waals surface area contributed by atoms with Crippen LogP contribution in [-0.2, 0) is 6.42 Å². The van der Waals surface area contributed by atoms with Crippen molar-refractivity contribution >= 4 is 17.1 Å². The summed E-state index contributed by atoms with van der Waals surface area (Å²) < 4.78 is 0. The van der Waals surface area contributed by atoms with Crippen LogP contribution in [0.25, 0.3) is 0 Å². The fourth-order valence-corrected chi connectivity index (χ4v) is 3.60. The quantitative estimate of drug-likeness (QED) is 0.815. The van der Waals surface area contributed by atoms with Crippen LogP contribution in [-0.4, -0.2) is 41.5 Å². The van der Waals surface area contributed by atoms with E-state index < -0.39 is 0 Å². The molecule has 2 rings (SSSR count). The number of nitrogens with zero attached hydrogens (tertiary/aromatic N) is 1. The number of carbonyl (C=O) groups is 1. The lowest BCUT2D eigenvalue weighted by molar-refractivity contribution is 0.0802. The number of aliphatic hydroxyl groups is 1. The normalized spacial score (nSPS) is 20.6. The number of carbonyl (C=O) groups excluding carboxylic acids is 1. The van der Waals surface area contributed by atoms with E-state index in [0.717, 1.165) is 30.7 Å². The summed E-state index contributed by atoms with van der Waals surface area (Å²) in [7, 11) is 0. The average Bonchev–Trinajstić information content (AvgIpc) is 2.90. The first-order chi connectivity index (χ1) is 9.24. The zero-order valence-corrected chi connectivity index (χ0v) is 12.4. The fraction of sp³-hybridized carbons (Fsp3) is 0.667. The van der Waals surface area contributed by atoms with Gasteiger partial charge in [0.15, 0.2) is 5.78 Å². The smallest absolute Gasteiger partial charge is 0.186 e. The van der Waals surface area contributed by atoms with Crippen LogP contribution in [0.15, 0.2) is 12.1 Å². The number of hydrogen-bond donors (Lipinski definition) is 1. The molecule has 3 nitrogen and oxygen atoms in total. The molecule has 1 atom stereocenters. The molecule has 1 aromatic heterocycles. The number of rotatable bonds is 6. The lowest BCUT2D eigenvalue weighted by Gasteiger charge is -2.34. The first-order valence-corrected chi connectivity index (χ1v) is 8.03. The largest absolute Gasteiger partial charge is 0.396 e. The third kappa shape index (κ3) is 3.88. The molecule has 2 heterocycles. The number of aryl methyl sites for hydroxylation is 1. The first kappa shape index (κ1) is 14.7. The highest BCUT2D eigenvalue weighted by Crippen LogP contribution is 2.22. The molecular formula is C15H23NO2S. The second kappa shape index (κ2) is 7.17. The van der Waals surface area contributed by atoms with Gasteiger partial charge in [-0.25, -0.2) is 0 Å². The molecule has 1 aromatic rings. The van der Waals surface area contributed by atoms with Crippen molar-refractivity contribution in [1.29, 1.82) is 0 Å². The van der Waals surface area contributed by atoms with E-state index in [4.69, 9.17) is 5.11 Å². The SMILES string of the molecule is CCc1ccc(C(=O)CN2CCCCC2CCO)s1. The van der Waals surface area contributed by atoms with E-state index in [-0.39, 0.29) is 12.4 Å². The molecule has 1 aliphatic rings. The van der Waals surface area contributed by atoms with Crippen molar-refractivity contribution in [3.05, 3.63) is 21.9 Å². The van der Waals surface area contributed by atoms with Gasteiger partial charge in [0.25, 0.3) is 0 Å². The summed E-state index contributed by atoms with van der Waals surface area (Å²) >= 11 is 1.62. The summed E-state index contributed by atoms with van der Waals surface area (Å²) in [5.41, 5.74) is 0. The summed E-state index contributed by atoms with van der Waals surface area (Å²) in [6, 6.07) is 4.39. The van der Waals surface area contributed by atoms with Gasteiger partial charge in [0, 0.05) is 17.5 Å². The Hall–Kier alpha value is -0.710. The van der Waals surface area contributed by atoms with E-state index >= 15 is 0 Å². The van der Waals surface area contributed by atoms with Crippen LogP contribution in [0.5, 0.6) is 0 Å². The molecule has 1 fully saturated rings.